The SMILES string of the molecule is NC1CCCC(C(=O)N(Cc2ccc3c(c2)OCO3)C2CCCCC2)C1. The van der Waals surface area contributed by atoms with Gasteiger partial charge in [-0.2, -0.15) is 0 Å². The maximum Gasteiger partial charge on any atom is 0.231 e. The van der Waals surface area contributed by atoms with E-state index in [1.54, 1.807) is 0 Å². The van der Waals surface area contributed by atoms with Crippen LogP contribution in [0.2, 0.25) is 0 Å². The lowest BCUT2D eigenvalue weighted by Gasteiger charge is -2.38. The summed E-state index contributed by atoms with van der Waals surface area (Å²) in [6.07, 6.45) is 9.91. The van der Waals surface area contributed by atoms with Gasteiger partial charge in [0.15, 0.2) is 11.5 Å². The number of carbonyl (C=O) groups excluding carboxylic acids is 1. The normalized spacial score (nSPS) is 25.9. The lowest BCUT2D eigenvalue weighted by molar-refractivity contribution is -0.140. The predicted molar refractivity (Wildman–Crippen MR) is 99.9 cm³/mol. The van der Waals surface area contributed by atoms with Gasteiger partial charge in [0.2, 0.25) is 12.7 Å². The van der Waals surface area contributed by atoms with Gasteiger partial charge in [-0.25, -0.2) is 0 Å². The molecule has 2 unspecified atom stereocenters. The first-order valence-electron chi connectivity index (χ1n) is 10.2. The molecule has 2 fully saturated rings. The molecule has 0 bridgehead atoms. The topological polar surface area (TPSA) is 64.8 Å². The van der Waals surface area contributed by atoms with E-state index in [9.17, 15) is 4.79 Å². The molecule has 2 saturated carbocycles. The summed E-state index contributed by atoms with van der Waals surface area (Å²) in [5, 5.41) is 0. The maximum atomic E-state index is 13.4. The van der Waals surface area contributed by atoms with Gasteiger partial charge >= 0.3 is 0 Å². The van der Waals surface area contributed by atoms with E-state index < -0.39 is 0 Å². The van der Waals surface area contributed by atoms with Gasteiger partial charge in [0.25, 0.3) is 0 Å². The average Bonchev–Trinajstić information content (AvgIpc) is 3.14. The average molecular weight is 358 g/mol. The molecule has 142 valence electrons. The smallest absolute Gasteiger partial charge is 0.231 e. The molecule has 0 radical (unpaired) electrons. The van der Waals surface area contributed by atoms with E-state index in [-0.39, 0.29) is 18.8 Å². The van der Waals surface area contributed by atoms with Crippen molar-refractivity contribution in [2.75, 3.05) is 6.79 Å². The van der Waals surface area contributed by atoms with Crippen molar-refractivity contribution in [3.8, 4) is 11.5 Å². The molecule has 0 saturated heterocycles. The monoisotopic (exact) mass is 358 g/mol. The lowest BCUT2D eigenvalue weighted by Crippen LogP contribution is -2.46. The maximum absolute atomic E-state index is 13.4. The number of carbonyl (C=O) groups is 1. The fourth-order valence-electron chi connectivity index (χ4n) is 4.70. The molecule has 1 aliphatic heterocycles. The lowest BCUT2D eigenvalue weighted by atomic mass is 9.84. The van der Waals surface area contributed by atoms with E-state index in [2.05, 4.69) is 11.0 Å². The van der Waals surface area contributed by atoms with Crippen LogP contribution in [0.15, 0.2) is 18.2 Å². The minimum absolute atomic E-state index is 0.0923. The van der Waals surface area contributed by atoms with Gasteiger partial charge in [0.1, 0.15) is 0 Å². The van der Waals surface area contributed by atoms with Gasteiger partial charge in [-0.3, -0.25) is 4.79 Å². The van der Waals surface area contributed by atoms with E-state index in [1.807, 2.05) is 12.1 Å². The molecule has 1 heterocycles. The van der Waals surface area contributed by atoms with Crippen molar-refractivity contribution >= 4 is 5.91 Å². The number of amides is 1. The Hall–Kier alpha value is -1.75. The van der Waals surface area contributed by atoms with E-state index >= 15 is 0 Å². The molecule has 0 aromatic heterocycles. The quantitative estimate of drug-likeness (QED) is 0.893. The second kappa shape index (κ2) is 7.87. The van der Waals surface area contributed by atoms with Gasteiger partial charge in [-0.1, -0.05) is 31.7 Å². The standard InChI is InChI=1S/C21H30N2O3/c22-17-6-4-5-16(12-17)21(24)23(18-7-2-1-3-8-18)13-15-9-10-19-20(11-15)26-14-25-19/h9-11,16-18H,1-8,12-14,22H2. The molecule has 1 aromatic rings. The van der Waals surface area contributed by atoms with Crippen molar-refractivity contribution in [2.45, 2.75) is 76.4 Å². The number of nitrogens with zero attached hydrogens (tertiary/aromatic N) is 1. The number of nitrogens with two attached hydrogens (primary N) is 1. The Kier molecular flexibility index (Phi) is 5.34. The van der Waals surface area contributed by atoms with Crippen LogP contribution in [0.3, 0.4) is 0 Å². The predicted octanol–water partition coefficient (Wildman–Crippen LogP) is 3.59. The summed E-state index contributed by atoms with van der Waals surface area (Å²) in [5.74, 6) is 1.99. The van der Waals surface area contributed by atoms with Crippen molar-refractivity contribution in [1.29, 1.82) is 0 Å². The first-order valence-corrected chi connectivity index (χ1v) is 10.2. The Morgan fingerprint density at radius 3 is 2.65 bits per heavy atom. The minimum Gasteiger partial charge on any atom is -0.454 e. The molecule has 2 aliphatic carbocycles. The molecule has 3 aliphatic rings. The van der Waals surface area contributed by atoms with Crippen molar-refractivity contribution in [3.05, 3.63) is 23.8 Å². The molecule has 2 atom stereocenters. The molecule has 5 nitrogen and oxygen atoms in total. The minimum atomic E-state index is 0.0923. The fourth-order valence-corrected chi connectivity index (χ4v) is 4.70. The van der Waals surface area contributed by atoms with Crippen LogP contribution in [0.1, 0.15) is 63.4 Å². The van der Waals surface area contributed by atoms with Crippen LogP contribution in [0.4, 0.5) is 0 Å². The van der Waals surface area contributed by atoms with Crippen LogP contribution in [-0.4, -0.2) is 29.7 Å². The Balaban J connectivity index is 1.53. The van der Waals surface area contributed by atoms with Crippen molar-refractivity contribution in [1.82, 2.24) is 4.90 Å². The van der Waals surface area contributed by atoms with Gasteiger partial charge in [-0.05, 0) is 49.8 Å². The second-order valence-electron chi connectivity index (χ2n) is 8.07. The molecule has 5 heteroatoms. The number of fused-ring (bicyclic) bond motifs is 1. The number of hydrogen-bond donors (Lipinski definition) is 1. The van der Waals surface area contributed by atoms with E-state index in [0.29, 0.717) is 18.5 Å². The molecule has 2 N–H and O–H groups in total. The zero-order valence-corrected chi connectivity index (χ0v) is 15.5. The third kappa shape index (κ3) is 3.83. The Morgan fingerprint density at radius 2 is 1.85 bits per heavy atom. The zero-order valence-electron chi connectivity index (χ0n) is 15.5. The Labute approximate surface area is 155 Å². The molecule has 26 heavy (non-hydrogen) atoms. The summed E-state index contributed by atoms with van der Waals surface area (Å²) in [5.41, 5.74) is 7.27. The largest absolute Gasteiger partial charge is 0.454 e. The van der Waals surface area contributed by atoms with Crippen LogP contribution in [0.25, 0.3) is 0 Å². The number of ether oxygens (including phenoxy) is 2. The number of rotatable bonds is 4. The highest BCUT2D eigenvalue weighted by Crippen LogP contribution is 2.34. The molecular formula is C21H30N2O3. The highest BCUT2D eigenvalue weighted by Gasteiger charge is 2.33. The van der Waals surface area contributed by atoms with E-state index in [1.165, 1.54) is 19.3 Å². The fraction of sp³-hybridized carbons (Fsp3) is 0.667. The zero-order chi connectivity index (χ0) is 17.9. The third-order valence-electron chi connectivity index (χ3n) is 6.15. The van der Waals surface area contributed by atoms with Gasteiger partial charge in [-0.15, -0.1) is 0 Å². The molecule has 1 amide bonds. The first kappa shape index (κ1) is 17.7. The summed E-state index contributed by atoms with van der Waals surface area (Å²) in [4.78, 5) is 15.5. The second-order valence-corrected chi connectivity index (χ2v) is 8.07. The summed E-state index contributed by atoms with van der Waals surface area (Å²) < 4.78 is 10.9. The molecular weight excluding hydrogens is 328 g/mol. The van der Waals surface area contributed by atoms with Gasteiger partial charge in [0, 0.05) is 24.5 Å². The number of benzene rings is 1. The Bertz CT molecular complexity index is 642. The molecule has 0 spiro atoms. The summed E-state index contributed by atoms with van der Waals surface area (Å²) in [6.45, 7) is 0.940. The highest BCUT2D eigenvalue weighted by atomic mass is 16.7. The van der Waals surface area contributed by atoms with E-state index in [4.69, 9.17) is 15.2 Å². The third-order valence-corrected chi connectivity index (χ3v) is 6.15. The van der Waals surface area contributed by atoms with Crippen LogP contribution in [-0.2, 0) is 11.3 Å². The van der Waals surface area contributed by atoms with Crippen molar-refractivity contribution in [3.63, 3.8) is 0 Å². The molecule has 1 aromatic carbocycles. The highest BCUT2D eigenvalue weighted by molar-refractivity contribution is 5.79. The first-order chi connectivity index (χ1) is 12.7. The summed E-state index contributed by atoms with van der Waals surface area (Å²) >= 11 is 0. The van der Waals surface area contributed by atoms with Crippen LogP contribution in [0.5, 0.6) is 11.5 Å². The summed E-state index contributed by atoms with van der Waals surface area (Å²) in [6, 6.07) is 6.58. The Morgan fingerprint density at radius 1 is 1.04 bits per heavy atom. The molecule has 4 rings (SSSR count). The van der Waals surface area contributed by atoms with Gasteiger partial charge < -0.3 is 20.1 Å². The van der Waals surface area contributed by atoms with E-state index in [0.717, 1.165) is 55.6 Å². The van der Waals surface area contributed by atoms with Crippen molar-refractivity contribution < 1.29 is 14.3 Å². The van der Waals surface area contributed by atoms with Crippen LogP contribution in [0, 0.1) is 5.92 Å². The van der Waals surface area contributed by atoms with Crippen molar-refractivity contribution in [2.24, 2.45) is 11.7 Å². The van der Waals surface area contributed by atoms with Crippen LogP contribution >= 0.6 is 0 Å². The van der Waals surface area contributed by atoms with Gasteiger partial charge in [0.05, 0.1) is 0 Å². The summed E-state index contributed by atoms with van der Waals surface area (Å²) in [7, 11) is 0. The van der Waals surface area contributed by atoms with Crippen LogP contribution < -0.4 is 15.2 Å². The number of hydrogen-bond acceptors (Lipinski definition) is 4.